The first-order chi connectivity index (χ1) is 12.2. The summed E-state index contributed by atoms with van der Waals surface area (Å²) in [5.41, 5.74) is 0.0915. The Hall–Kier alpha value is -3.42. The van der Waals surface area contributed by atoms with Crippen LogP contribution in [0.3, 0.4) is 0 Å². The van der Waals surface area contributed by atoms with Gasteiger partial charge in [-0.2, -0.15) is 0 Å². The van der Waals surface area contributed by atoms with E-state index in [0.717, 1.165) is 0 Å². The van der Waals surface area contributed by atoms with Crippen molar-refractivity contribution in [3.05, 3.63) is 59.7 Å². The van der Waals surface area contributed by atoms with Crippen LogP contribution in [0.4, 0.5) is 0 Å². The van der Waals surface area contributed by atoms with E-state index in [2.05, 4.69) is 22.6 Å². The van der Waals surface area contributed by atoms with Gasteiger partial charge in [-0.05, 0) is 26.0 Å². The topological polar surface area (TPSA) is 105 Å². The molecule has 1 aromatic carbocycles. The number of hydrogen-bond acceptors (Lipinski definition) is 8. The third-order valence-corrected chi connectivity index (χ3v) is 2.82. The van der Waals surface area contributed by atoms with E-state index in [1.54, 1.807) is 0 Å². The summed E-state index contributed by atoms with van der Waals surface area (Å²) in [6.07, 6.45) is 0. The predicted molar refractivity (Wildman–Crippen MR) is 88.8 cm³/mol. The molecule has 0 aromatic heterocycles. The highest BCUT2D eigenvalue weighted by molar-refractivity contribution is 6.03. The van der Waals surface area contributed by atoms with Gasteiger partial charge >= 0.3 is 23.9 Å². The van der Waals surface area contributed by atoms with Crippen LogP contribution in [0, 0.1) is 0 Å². The average molecular weight is 362 g/mol. The van der Waals surface area contributed by atoms with Gasteiger partial charge in [0.1, 0.15) is 0 Å². The fraction of sp³-hybridized carbons (Fsp3) is 0.222. The van der Waals surface area contributed by atoms with Crippen molar-refractivity contribution in [3.8, 4) is 0 Å². The van der Waals surface area contributed by atoms with Gasteiger partial charge in [-0.25, -0.2) is 19.2 Å². The lowest BCUT2D eigenvalue weighted by atomic mass is 10.1. The minimum absolute atomic E-state index is 0.102. The molecule has 0 amide bonds. The van der Waals surface area contributed by atoms with Gasteiger partial charge < -0.3 is 18.9 Å². The Morgan fingerprint density at radius 1 is 0.731 bits per heavy atom. The molecule has 0 radical (unpaired) electrons. The maximum absolute atomic E-state index is 12.1. The first-order valence-electron chi connectivity index (χ1n) is 7.32. The molecule has 138 valence electrons. The van der Waals surface area contributed by atoms with Crippen LogP contribution >= 0.6 is 0 Å². The molecule has 0 aliphatic rings. The first kappa shape index (κ1) is 20.6. The molecule has 8 nitrogen and oxygen atoms in total. The molecular formula is C18H18O8. The summed E-state index contributed by atoms with van der Waals surface area (Å²) in [6.45, 7) is 8.38. The lowest BCUT2D eigenvalue weighted by Crippen LogP contribution is -2.18. The summed E-state index contributed by atoms with van der Waals surface area (Å²) in [4.78, 5) is 46.5. The van der Waals surface area contributed by atoms with Crippen LogP contribution in [-0.2, 0) is 28.5 Å². The smallest absolute Gasteiger partial charge is 0.341 e. The molecule has 0 aliphatic heterocycles. The van der Waals surface area contributed by atoms with Crippen LogP contribution in [-0.4, -0.2) is 37.5 Å². The highest BCUT2D eigenvalue weighted by Crippen LogP contribution is 2.12. The van der Waals surface area contributed by atoms with Gasteiger partial charge in [-0.3, -0.25) is 0 Å². The van der Waals surface area contributed by atoms with E-state index in [1.165, 1.54) is 38.1 Å². The summed E-state index contributed by atoms with van der Waals surface area (Å²) in [7, 11) is 0. The van der Waals surface area contributed by atoms with Gasteiger partial charge in [0.2, 0.25) is 13.6 Å². The van der Waals surface area contributed by atoms with Crippen LogP contribution in [0.15, 0.2) is 48.6 Å². The second-order valence-corrected chi connectivity index (χ2v) is 5.07. The third-order valence-electron chi connectivity index (χ3n) is 2.82. The second kappa shape index (κ2) is 9.77. The molecule has 0 spiro atoms. The summed E-state index contributed by atoms with van der Waals surface area (Å²) >= 11 is 0. The Morgan fingerprint density at radius 3 is 1.38 bits per heavy atom. The van der Waals surface area contributed by atoms with Crippen LogP contribution in [0.25, 0.3) is 0 Å². The number of ether oxygens (including phenoxy) is 4. The van der Waals surface area contributed by atoms with E-state index in [0.29, 0.717) is 0 Å². The van der Waals surface area contributed by atoms with Gasteiger partial charge in [0.25, 0.3) is 0 Å². The molecule has 0 aliphatic carbocycles. The van der Waals surface area contributed by atoms with Crippen molar-refractivity contribution in [2.75, 3.05) is 13.6 Å². The fourth-order valence-corrected chi connectivity index (χ4v) is 1.51. The van der Waals surface area contributed by atoms with Crippen molar-refractivity contribution < 1.29 is 38.1 Å². The molecule has 0 fully saturated rings. The zero-order valence-electron chi connectivity index (χ0n) is 14.4. The number of esters is 4. The maximum atomic E-state index is 12.1. The number of benzene rings is 1. The number of carbonyl (C=O) groups excluding carboxylic acids is 4. The molecule has 0 heterocycles. The van der Waals surface area contributed by atoms with Crippen molar-refractivity contribution >= 4 is 23.9 Å². The minimum atomic E-state index is -0.897. The Balaban J connectivity index is 2.68. The molecule has 0 N–H and O–H groups in total. The van der Waals surface area contributed by atoms with E-state index in [4.69, 9.17) is 9.47 Å². The molecule has 0 atom stereocenters. The lowest BCUT2D eigenvalue weighted by molar-refractivity contribution is -0.148. The molecule has 0 saturated carbocycles. The average Bonchev–Trinajstić information content (AvgIpc) is 2.60. The summed E-state index contributed by atoms with van der Waals surface area (Å²) in [5, 5.41) is 0. The molecule has 26 heavy (non-hydrogen) atoms. The standard InChI is InChI=1S/C18H18O8/c1-11(2)15(19)23-9-25-17(21)13-7-5-6-8-14(13)18(22)26-10-24-16(20)12(3)4/h5-8H,1,3,9-10H2,2,4H3. The normalized spacial score (nSPS) is 9.62. The molecule has 1 rings (SSSR count). The van der Waals surface area contributed by atoms with Crippen LogP contribution in [0.5, 0.6) is 0 Å². The van der Waals surface area contributed by atoms with Gasteiger partial charge in [-0.15, -0.1) is 0 Å². The van der Waals surface area contributed by atoms with Crippen molar-refractivity contribution in [3.63, 3.8) is 0 Å². The monoisotopic (exact) mass is 362 g/mol. The van der Waals surface area contributed by atoms with Crippen LogP contribution < -0.4 is 0 Å². The minimum Gasteiger partial charge on any atom is -0.425 e. The number of rotatable bonds is 8. The zero-order chi connectivity index (χ0) is 19.7. The van der Waals surface area contributed by atoms with E-state index in [-0.39, 0.29) is 22.3 Å². The van der Waals surface area contributed by atoms with Gasteiger partial charge in [-0.1, -0.05) is 25.3 Å². The quantitative estimate of drug-likeness (QED) is 0.393. The number of carbonyl (C=O) groups is 4. The highest BCUT2D eigenvalue weighted by Gasteiger charge is 2.20. The number of hydrogen-bond donors (Lipinski definition) is 0. The Bertz CT molecular complexity index is 684. The first-order valence-corrected chi connectivity index (χ1v) is 7.32. The summed E-state index contributed by atoms with van der Waals surface area (Å²) in [5.74, 6) is -3.23. The van der Waals surface area contributed by atoms with Crippen molar-refractivity contribution in [2.24, 2.45) is 0 Å². The third kappa shape index (κ3) is 6.23. The van der Waals surface area contributed by atoms with Crippen LogP contribution in [0.1, 0.15) is 34.6 Å². The second-order valence-electron chi connectivity index (χ2n) is 5.07. The van der Waals surface area contributed by atoms with Crippen LogP contribution in [0.2, 0.25) is 0 Å². The maximum Gasteiger partial charge on any atom is 0.341 e. The van der Waals surface area contributed by atoms with Gasteiger partial charge in [0, 0.05) is 11.1 Å². The Morgan fingerprint density at radius 2 is 1.08 bits per heavy atom. The molecule has 8 heteroatoms. The van der Waals surface area contributed by atoms with Crippen molar-refractivity contribution in [1.29, 1.82) is 0 Å². The van der Waals surface area contributed by atoms with E-state index >= 15 is 0 Å². The van der Waals surface area contributed by atoms with Gasteiger partial charge in [0.05, 0.1) is 11.1 Å². The molecule has 0 bridgehead atoms. The van der Waals surface area contributed by atoms with E-state index < -0.39 is 37.5 Å². The molecule has 1 aromatic rings. The fourth-order valence-electron chi connectivity index (χ4n) is 1.51. The zero-order valence-corrected chi connectivity index (χ0v) is 14.4. The van der Waals surface area contributed by atoms with Gasteiger partial charge in [0.15, 0.2) is 0 Å². The Kier molecular flexibility index (Phi) is 7.75. The largest absolute Gasteiger partial charge is 0.425 e. The molecule has 0 saturated heterocycles. The molecule has 0 unspecified atom stereocenters. The molecular weight excluding hydrogens is 344 g/mol. The summed E-state index contributed by atoms with van der Waals surface area (Å²) in [6, 6.07) is 5.68. The van der Waals surface area contributed by atoms with Crippen molar-refractivity contribution in [2.45, 2.75) is 13.8 Å². The highest BCUT2D eigenvalue weighted by atomic mass is 16.7. The van der Waals surface area contributed by atoms with E-state index in [1.807, 2.05) is 0 Å². The van der Waals surface area contributed by atoms with E-state index in [9.17, 15) is 19.2 Å². The lowest BCUT2D eigenvalue weighted by Gasteiger charge is -2.10. The SMILES string of the molecule is C=C(C)C(=O)OCOC(=O)c1ccccc1C(=O)OCOC(=O)C(=C)C. The predicted octanol–water partition coefficient (Wildman–Crippen LogP) is 2.15. The van der Waals surface area contributed by atoms with Crippen molar-refractivity contribution in [1.82, 2.24) is 0 Å². The Labute approximate surface area is 150 Å². The summed E-state index contributed by atoms with van der Waals surface area (Å²) < 4.78 is 18.9.